The lowest BCUT2D eigenvalue weighted by Crippen LogP contribution is -2.35. The molecule has 9 heteroatoms. The zero-order valence-corrected chi connectivity index (χ0v) is 21.0. The van der Waals surface area contributed by atoms with Gasteiger partial charge in [0.15, 0.2) is 6.61 Å². The molecule has 7 nitrogen and oxygen atoms in total. The molecule has 0 aliphatic carbocycles. The molecule has 3 aromatic rings. The maximum atomic E-state index is 13.4. The Kier molecular flexibility index (Phi) is 6.77. The maximum absolute atomic E-state index is 13.4. The minimum absolute atomic E-state index is 0.0136. The van der Waals surface area contributed by atoms with Crippen LogP contribution in [-0.2, 0) is 26.0 Å². The lowest BCUT2D eigenvalue weighted by molar-refractivity contribution is -0.119. The molecule has 176 valence electrons. The fourth-order valence-corrected chi connectivity index (χ4v) is 5.92. The number of amides is 1. The third-order valence-electron chi connectivity index (χ3n) is 5.55. The molecule has 0 saturated carbocycles. The second-order valence-electron chi connectivity index (χ2n) is 8.10. The number of para-hydroxylation sites is 1. The number of carbonyl (C=O) groups excluding carboxylic acids is 2. The lowest BCUT2D eigenvalue weighted by atomic mass is 10.1. The van der Waals surface area contributed by atoms with E-state index >= 15 is 0 Å². The molecule has 0 bridgehead atoms. The van der Waals surface area contributed by atoms with Crippen LogP contribution in [0.1, 0.15) is 28.4 Å². The van der Waals surface area contributed by atoms with Gasteiger partial charge in [0.1, 0.15) is 0 Å². The highest BCUT2D eigenvalue weighted by molar-refractivity contribution is 9.10. The van der Waals surface area contributed by atoms with Crippen LogP contribution in [-0.4, -0.2) is 32.9 Å². The van der Waals surface area contributed by atoms with Gasteiger partial charge in [-0.3, -0.25) is 9.10 Å². The van der Waals surface area contributed by atoms with E-state index in [0.29, 0.717) is 17.8 Å². The smallest absolute Gasteiger partial charge is 0.338 e. The van der Waals surface area contributed by atoms with Gasteiger partial charge >= 0.3 is 5.97 Å². The van der Waals surface area contributed by atoms with Gasteiger partial charge in [-0.1, -0.05) is 40.2 Å². The predicted octanol–water partition coefficient (Wildman–Crippen LogP) is 4.69. The van der Waals surface area contributed by atoms with E-state index in [0.717, 1.165) is 15.6 Å². The molecule has 1 aliphatic rings. The molecule has 1 heterocycles. The summed E-state index contributed by atoms with van der Waals surface area (Å²) >= 11 is 3.40. The number of ether oxygens (including phenoxy) is 1. The van der Waals surface area contributed by atoms with Gasteiger partial charge in [-0.05, 0) is 73.9 Å². The highest BCUT2D eigenvalue weighted by Crippen LogP contribution is 2.36. The van der Waals surface area contributed by atoms with Gasteiger partial charge in [0, 0.05) is 16.2 Å². The number of benzene rings is 3. The van der Waals surface area contributed by atoms with E-state index in [1.165, 1.54) is 28.6 Å². The first-order valence-corrected chi connectivity index (χ1v) is 12.9. The van der Waals surface area contributed by atoms with E-state index in [9.17, 15) is 18.0 Å². The summed E-state index contributed by atoms with van der Waals surface area (Å²) in [5.41, 5.74) is 3.18. The number of nitrogens with one attached hydrogen (secondary N) is 1. The number of nitrogens with zero attached hydrogens (tertiary/aromatic N) is 1. The molecule has 0 fully saturated rings. The Morgan fingerprint density at radius 2 is 1.85 bits per heavy atom. The molecular weight excluding hydrogens is 520 g/mol. The van der Waals surface area contributed by atoms with Crippen molar-refractivity contribution >= 4 is 49.2 Å². The van der Waals surface area contributed by atoms with Crippen LogP contribution in [0.4, 0.5) is 11.4 Å². The molecule has 0 radical (unpaired) electrons. The predicted molar refractivity (Wildman–Crippen MR) is 134 cm³/mol. The Hall–Kier alpha value is -3.17. The first-order valence-electron chi connectivity index (χ1n) is 10.6. The van der Waals surface area contributed by atoms with Crippen molar-refractivity contribution in [2.45, 2.75) is 31.2 Å². The molecule has 1 amide bonds. The average molecular weight is 543 g/mol. The van der Waals surface area contributed by atoms with Crippen molar-refractivity contribution in [3.8, 4) is 0 Å². The summed E-state index contributed by atoms with van der Waals surface area (Å²) in [6, 6.07) is 18.1. The van der Waals surface area contributed by atoms with Gasteiger partial charge in [-0.2, -0.15) is 0 Å². The normalized spacial score (nSPS) is 15.0. The summed E-state index contributed by atoms with van der Waals surface area (Å²) in [6.45, 7) is 3.24. The van der Waals surface area contributed by atoms with Crippen molar-refractivity contribution in [1.82, 2.24) is 0 Å². The summed E-state index contributed by atoms with van der Waals surface area (Å²) < 4.78 is 34.2. The zero-order valence-electron chi connectivity index (χ0n) is 18.6. The summed E-state index contributed by atoms with van der Waals surface area (Å²) in [5.74, 6) is -1.28. The molecule has 1 N–H and O–H groups in total. The molecule has 0 saturated heterocycles. The maximum Gasteiger partial charge on any atom is 0.338 e. The van der Waals surface area contributed by atoms with Crippen molar-refractivity contribution in [3.05, 3.63) is 87.9 Å². The van der Waals surface area contributed by atoms with Crippen LogP contribution in [0.3, 0.4) is 0 Å². The van der Waals surface area contributed by atoms with Crippen molar-refractivity contribution in [2.75, 3.05) is 16.2 Å². The highest BCUT2D eigenvalue weighted by atomic mass is 79.9. The summed E-state index contributed by atoms with van der Waals surface area (Å²) in [7, 11) is -3.89. The molecule has 1 aliphatic heterocycles. The van der Waals surface area contributed by atoms with Crippen LogP contribution in [0.2, 0.25) is 0 Å². The van der Waals surface area contributed by atoms with Gasteiger partial charge in [-0.15, -0.1) is 0 Å². The summed E-state index contributed by atoms with van der Waals surface area (Å²) in [6.07, 6.45) is 0.615. The summed E-state index contributed by atoms with van der Waals surface area (Å²) in [4.78, 5) is 24.7. The SMILES string of the molecule is Cc1cc(NC(=O)COC(=O)c2cccc(S(=O)(=O)N3c4ccccc4CC3C)c2)ccc1Br. The fourth-order valence-electron chi connectivity index (χ4n) is 3.93. The molecule has 0 aromatic heterocycles. The van der Waals surface area contributed by atoms with Crippen LogP contribution in [0.5, 0.6) is 0 Å². The number of esters is 1. The molecule has 4 rings (SSSR count). The number of rotatable bonds is 6. The zero-order chi connectivity index (χ0) is 24.5. The molecule has 3 aromatic carbocycles. The molecule has 0 spiro atoms. The van der Waals surface area contributed by atoms with E-state index in [4.69, 9.17) is 4.74 Å². The van der Waals surface area contributed by atoms with E-state index in [-0.39, 0.29) is 16.5 Å². The lowest BCUT2D eigenvalue weighted by Gasteiger charge is -2.24. The standard InChI is InChI=1S/C25H23BrN2O5S/c1-16-12-20(10-11-22(16)26)27-24(29)15-33-25(30)19-7-5-8-21(14-19)34(31,32)28-17(2)13-18-6-3-4-9-23(18)28/h3-12,14,17H,13,15H2,1-2H3,(H,27,29). The minimum Gasteiger partial charge on any atom is -0.452 e. The molecular formula is C25H23BrN2O5S. The largest absolute Gasteiger partial charge is 0.452 e. The Morgan fingerprint density at radius 1 is 1.09 bits per heavy atom. The van der Waals surface area contributed by atoms with Crippen molar-refractivity contribution in [3.63, 3.8) is 0 Å². The van der Waals surface area contributed by atoms with Gasteiger partial charge in [0.05, 0.1) is 16.1 Å². The first-order chi connectivity index (χ1) is 16.2. The van der Waals surface area contributed by atoms with Crippen molar-refractivity contribution in [2.24, 2.45) is 0 Å². The van der Waals surface area contributed by atoms with Gasteiger partial charge in [-0.25, -0.2) is 13.2 Å². The Bertz CT molecular complexity index is 1370. The number of sulfonamides is 1. The van der Waals surface area contributed by atoms with E-state index in [1.807, 2.05) is 32.0 Å². The van der Waals surface area contributed by atoms with Crippen LogP contribution in [0, 0.1) is 6.92 Å². The number of hydrogen-bond donors (Lipinski definition) is 1. The fraction of sp³-hybridized carbons (Fsp3) is 0.200. The van der Waals surface area contributed by atoms with Crippen LogP contribution < -0.4 is 9.62 Å². The number of halogens is 1. The number of carbonyl (C=O) groups is 2. The van der Waals surface area contributed by atoms with E-state index < -0.39 is 28.5 Å². The van der Waals surface area contributed by atoms with E-state index in [1.54, 1.807) is 24.3 Å². The molecule has 34 heavy (non-hydrogen) atoms. The van der Waals surface area contributed by atoms with Crippen LogP contribution >= 0.6 is 15.9 Å². The molecule has 1 atom stereocenters. The number of aryl methyl sites for hydroxylation is 1. The number of fused-ring (bicyclic) bond motifs is 1. The number of anilines is 2. The summed E-state index contributed by atoms with van der Waals surface area (Å²) in [5, 5.41) is 2.66. The Balaban J connectivity index is 1.46. The second kappa shape index (κ2) is 9.60. The monoisotopic (exact) mass is 542 g/mol. The van der Waals surface area contributed by atoms with Crippen LogP contribution in [0.15, 0.2) is 76.1 Å². The minimum atomic E-state index is -3.89. The number of hydrogen-bond acceptors (Lipinski definition) is 5. The van der Waals surface area contributed by atoms with Gasteiger partial charge in [0.25, 0.3) is 15.9 Å². The van der Waals surface area contributed by atoms with Crippen molar-refractivity contribution in [1.29, 1.82) is 0 Å². The average Bonchev–Trinajstić information content (AvgIpc) is 3.16. The quantitative estimate of drug-likeness (QED) is 0.456. The Labute approximate surface area is 206 Å². The third-order valence-corrected chi connectivity index (χ3v) is 8.36. The van der Waals surface area contributed by atoms with Crippen LogP contribution in [0.25, 0.3) is 0 Å². The van der Waals surface area contributed by atoms with Gasteiger partial charge in [0.2, 0.25) is 0 Å². The van der Waals surface area contributed by atoms with Gasteiger partial charge < -0.3 is 10.1 Å². The highest BCUT2D eigenvalue weighted by Gasteiger charge is 2.36. The topological polar surface area (TPSA) is 92.8 Å². The second-order valence-corrected chi connectivity index (χ2v) is 10.8. The van der Waals surface area contributed by atoms with Crippen molar-refractivity contribution < 1.29 is 22.7 Å². The van der Waals surface area contributed by atoms with E-state index in [2.05, 4.69) is 21.2 Å². The third kappa shape index (κ3) is 4.85. The first kappa shape index (κ1) is 24.0. The molecule has 1 unspecified atom stereocenters. The Morgan fingerprint density at radius 3 is 2.62 bits per heavy atom.